The van der Waals surface area contributed by atoms with Crippen LogP contribution in [0.2, 0.25) is 0 Å². The smallest absolute Gasteiger partial charge is 0.140 e. The van der Waals surface area contributed by atoms with Gasteiger partial charge in [0, 0.05) is 49.8 Å². The molecule has 3 rings (SSSR count). The minimum Gasteiger partial charge on any atom is -0.384 e. The van der Waals surface area contributed by atoms with E-state index in [9.17, 15) is 0 Å². The Labute approximate surface area is 141 Å². The van der Waals surface area contributed by atoms with Gasteiger partial charge in [-0.25, -0.2) is 4.98 Å². The van der Waals surface area contributed by atoms with Crippen LogP contribution in [0.5, 0.6) is 0 Å². The largest absolute Gasteiger partial charge is 0.384 e. The number of nitrogen functional groups attached to an aromatic ring is 1. The molecular weight excluding hydrogens is 298 g/mol. The van der Waals surface area contributed by atoms with Crippen molar-refractivity contribution in [2.45, 2.75) is 6.54 Å². The summed E-state index contributed by atoms with van der Waals surface area (Å²) in [7, 11) is 4.05. The molecule has 1 heterocycles. The standard InChI is InChI=1S/C19H21N5/c1-23(2)17-8-6-15(7-9-17)19-22-10-11-24(19)13-14-4-3-5-16(12-14)18(20)21/h3-12H,13H2,1-2H3,(H3,20,21). The zero-order valence-electron chi connectivity index (χ0n) is 13.9. The number of rotatable bonds is 5. The summed E-state index contributed by atoms with van der Waals surface area (Å²) in [5, 5.41) is 7.57. The monoisotopic (exact) mass is 319 g/mol. The summed E-state index contributed by atoms with van der Waals surface area (Å²) in [6, 6.07) is 16.1. The maximum absolute atomic E-state index is 7.57. The van der Waals surface area contributed by atoms with E-state index in [2.05, 4.69) is 38.7 Å². The van der Waals surface area contributed by atoms with Gasteiger partial charge < -0.3 is 15.2 Å². The molecule has 0 spiro atoms. The lowest BCUT2D eigenvalue weighted by Crippen LogP contribution is -2.11. The van der Waals surface area contributed by atoms with Gasteiger partial charge >= 0.3 is 0 Å². The van der Waals surface area contributed by atoms with Gasteiger partial charge in [-0.3, -0.25) is 5.41 Å². The first kappa shape index (κ1) is 15.8. The van der Waals surface area contributed by atoms with Crippen LogP contribution in [0.1, 0.15) is 11.1 Å². The highest BCUT2D eigenvalue weighted by molar-refractivity contribution is 5.95. The summed E-state index contributed by atoms with van der Waals surface area (Å²) < 4.78 is 2.10. The van der Waals surface area contributed by atoms with Crippen molar-refractivity contribution in [3.8, 4) is 11.4 Å². The Hall–Kier alpha value is -3.08. The molecule has 2 aromatic carbocycles. The molecule has 5 nitrogen and oxygen atoms in total. The molecule has 0 saturated carbocycles. The molecule has 0 atom stereocenters. The molecule has 0 aliphatic carbocycles. The molecular formula is C19H21N5. The third-order valence-corrected chi connectivity index (χ3v) is 3.95. The highest BCUT2D eigenvalue weighted by atomic mass is 15.1. The SMILES string of the molecule is CN(C)c1ccc(-c2nccn2Cc2cccc(C(=N)N)c2)cc1. The minimum atomic E-state index is 0.0852. The molecule has 0 radical (unpaired) electrons. The maximum atomic E-state index is 7.57. The van der Waals surface area contributed by atoms with Crippen molar-refractivity contribution in [2.75, 3.05) is 19.0 Å². The first-order valence-electron chi connectivity index (χ1n) is 7.77. The summed E-state index contributed by atoms with van der Waals surface area (Å²) in [5.41, 5.74) is 9.64. The summed E-state index contributed by atoms with van der Waals surface area (Å²) in [5.74, 6) is 1.01. The van der Waals surface area contributed by atoms with Gasteiger partial charge in [0.1, 0.15) is 11.7 Å². The minimum absolute atomic E-state index is 0.0852. The van der Waals surface area contributed by atoms with Gasteiger partial charge in [0.2, 0.25) is 0 Å². The molecule has 0 bridgehead atoms. The number of nitrogens with one attached hydrogen (secondary N) is 1. The van der Waals surface area contributed by atoms with Gasteiger partial charge in [-0.15, -0.1) is 0 Å². The molecule has 0 saturated heterocycles. The molecule has 0 aliphatic rings. The molecule has 24 heavy (non-hydrogen) atoms. The molecule has 0 aliphatic heterocycles. The predicted octanol–water partition coefficient (Wildman–Crippen LogP) is 2.95. The van der Waals surface area contributed by atoms with Gasteiger partial charge in [0.15, 0.2) is 0 Å². The van der Waals surface area contributed by atoms with Crippen molar-refractivity contribution in [3.05, 3.63) is 72.1 Å². The van der Waals surface area contributed by atoms with Gasteiger partial charge in [0.25, 0.3) is 0 Å². The van der Waals surface area contributed by atoms with Crippen molar-refractivity contribution < 1.29 is 0 Å². The number of imidazole rings is 1. The number of aromatic nitrogens is 2. The summed E-state index contributed by atoms with van der Waals surface area (Å²) in [6.45, 7) is 0.686. The van der Waals surface area contributed by atoms with Gasteiger partial charge in [-0.1, -0.05) is 18.2 Å². The van der Waals surface area contributed by atoms with Crippen LogP contribution in [-0.2, 0) is 6.54 Å². The van der Waals surface area contributed by atoms with Crippen LogP contribution in [0.25, 0.3) is 11.4 Å². The highest BCUT2D eigenvalue weighted by Crippen LogP contribution is 2.22. The zero-order chi connectivity index (χ0) is 17.1. The maximum Gasteiger partial charge on any atom is 0.140 e. The molecule has 3 N–H and O–H groups in total. The van der Waals surface area contributed by atoms with Crippen LogP contribution in [0, 0.1) is 5.41 Å². The lowest BCUT2D eigenvalue weighted by molar-refractivity contribution is 0.807. The van der Waals surface area contributed by atoms with Gasteiger partial charge in [-0.2, -0.15) is 0 Å². The van der Waals surface area contributed by atoms with E-state index in [1.54, 1.807) is 0 Å². The normalized spacial score (nSPS) is 10.6. The topological polar surface area (TPSA) is 70.9 Å². The number of benzene rings is 2. The number of nitrogens with zero attached hydrogens (tertiary/aromatic N) is 3. The quantitative estimate of drug-likeness (QED) is 0.561. The van der Waals surface area contributed by atoms with Crippen molar-refractivity contribution in [3.63, 3.8) is 0 Å². The molecule has 0 unspecified atom stereocenters. The fourth-order valence-corrected chi connectivity index (χ4v) is 2.64. The number of hydrogen-bond acceptors (Lipinski definition) is 3. The average Bonchev–Trinajstić information content (AvgIpc) is 3.03. The number of anilines is 1. The second kappa shape index (κ2) is 6.58. The van der Waals surface area contributed by atoms with Crippen LogP contribution in [0.3, 0.4) is 0 Å². The first-order chi connectivity index (χ1) is 11.5. The van der Waals surface area contributed by atoms with Crippen molar-refractivity contribution in [1.29, 1.82) is 5.41 Å². The van der Waals surface area contributed by atoms with Crippen molar-refractivity contribution in [2.24, 2.45) is 5.73 Å². The van der Waals surface area contributed by atoms with Gasteiger partial charge in [0.05, 0.1) is 0 Å². The predicted molar refractivity (Wildman–Crippen MR) is 98.6 cm³/mol. The Kier molecular flexibility index (Phi) is 4.33. The third-order valence-electron chi connectivity index (χ3n) is 3.95. The Balaban J connectivity index is 1.88. The molecule has 0 fully saturated rings. The lowest BCUT2D eigenvalue weighted by atomic mass is 10.1. The second-order valence-electron chi connectivity index (χ2n) is 5.93. The van der Waals surface area contributed by atoms with E-state index in [1.165, 1.54) is 0 Å². The van der Waals surface area contributed by atoms with Crippen LogP contribution >= 0.6 is 0 Å². The van der Waals surface area contributed by atoms with Gasteiger partial charge in [-0.05, 0) is 35.9 Å². The molecule has 0 amide bonds. The van der Waals surface area contributed by atoms with E-state index in [1.807, 2.05) is 50.8 Å². The van der Waals surface area contributed by atoms with E-state index >= 15 is 0 Å². The number of amidine groups is 1. The Morgan fingerprint density at radius 2 is 1.92 bits per heavy atom. The molecule has 5 heteroatoms. The van der Waals surface area contributed by atoms with E-state index < -0.39 is 0 Å². The van der Waals surface area contributed by atoms with Crippen LogP contribution in [-0.4, -0.2) is 29.5 Å². The first-order valence-corrected chi connectivity index (χ1v) is 7.77. The fraction of sp³-hybridized carbons (Fsp3) is 0.158. The Morgan fingerprint density at radius 3 is 2.58 bits per heavy atom. The Morgan fingerprint density at radius 1 is 1.17 bits per heavy atom. The molecule has 1 aromatic heterocycles. The van der Waals surface area contributed by atoms with Crippen LogP contribution in [0.4, 0.5) is 5.69 Å². The lowest BCUT2D eigenvalue weighted by Gasteiger charge is -2.13. The third kappa shape index (κ3) is 3.30. The van der Waals surface area contributed by atoms with E-state index in [0.717, 1.165) is 28.2 Å². The van der Waals surface area contributed by atoms with E-state index in [-0.39, 0.29) is 5.84 Å². The number of nitrogens with two attached hydrogens (primary N) is 1. The summed E-state index contributed by atoms with van der Waals surface area (Å²) in [6.07, 6.45) is 3.78. The average molecular weight is 319 g/mol. The molecule has 3 aromatic rings. The van der Waals surface area contributed by atoms with Crippen molar-refractivity contribution >= 4 is 11.5 Å². The van der Waals surface area contributed by atoms with Crippen LogP contribution in [0.15, 0.2) is 60.9 Å². The Bertz CT molecular complexity index is 846. The van der Waals surface area contributed by atoms with Crippen molar-refractivity contribution in [1.82, 2.24) is 9.55 Å². The van der Waals surface area contributed by atoms with E-state index in [0.29, 0.717) is 6.54 Å². The summed E-state index contributed by atoms with van der Waals surface area (Å²) >= 11 is 0. The van der Waals surface area contributed by atoms with Crippen LogP contribution < -0.4 is 10.6 Å². The second-order valence-corrected chi connectivity index (χ2v) is 5.93. The zero-order valence-corrected chi connectivity index (χ0v) is 13.9. The van der Waals surface area contributed by atoms with E-state index in [4.69, 9.17) is 11.1 Å². The fourth-order valence-electron chi connectivity index (χ4n) is 2.64. The highest BCUT2D eigenvalue weighted by Gasteiger charge is 2.08. The summed E-state index contributed by atoms with van der Waals surface area (Å²) in [4.78, 5) is 6.57. The molecule has 122 valence electrons. The number of hydrogen-bond donors (Lipinski definition) is 2.